The van der Waals surface area contributed by atoms with Gasteiger partial charge in [0.15, 0.2) is 11.9 Å². The van der Waals surface area contributed by atoms with Gasteiger partial charge in [-0.3, -0.25) is 10.1 Å². The van der Waals surface area contributed by atoms with E-state index >= 15 is 0 Å². The molecule has 0 radical (unpaired) electrons. The van der Waals surface area contributed by atoms with Gasteiger partial charge >= 0.3 is 0 Å². The minimum Gasteiger partial charge on any atom is -0.303 e. The van der Waals surface area contributed by atoms with Gasteiger partial charge in [0.2, 0.25) is 0 Å². The molecule has 0 bridgehead atoms. The molecule has 20 heavy (non-hydrogen) atoms. The summed E-state index contributed by atoms with van der Waals surface area (Å²) in [6.45, 7) is 5.22. The number of carbonyl (C=O) groups excluding carboxylic acids is 3. The van der Waals surface area contributed by atoms with Gasteiger partial charge in [-0.15, -0.1) is 0 Å². The molecule has 0 heterocycles. The van der Waals surface area contributed by atoms with Crippen LogP contribution in [0.5, 0.6) is 0 Å². The third-order valence-electron chi connectivity index (χ3n) is 4.78. The molecule has 2 unspecified atom stereocenters. The summed E-state index contributed by atoms with van der Waals surface area (Å²) in [5, 5.41) is 9.38. The molecule has 5 nitrogen and oxygen atoms in total. The van der Waals surface area contributed by atoms with Crippen molar-refractivity contribution in [2.45, 2.75) is 52.1 Å². The maximum absolute atomic E-state index is 11.7. The number of hydrogen-bond acceptors (Lipinski definition) is 5. The van der Waals surface area contributed by atoms with Crippen LogP contribution in [0.25, 0.3) is 0 Å². The van der Waals surface area contributed by atoms with Gasteiger partial charge in [-0.2, -0.15) is 0 Å². The lowest BCUT2D eigenvalue weighted by Gasteiger charge is -2.47. The van der Waals surface area contributed by atoms with Crippen LogP contribution < -0.4 is 0 Å². The fourth-order valence-electron chi connectivity index (χ4n) is 3.56. The summed E-state index contributed by atoms with van der Waals surface area (Å²) in [7, 11) is 0. The Bertz CT molecular complexity index is 367. The Morgan fingerprint density at radius 3 is 2.55 bits per heavy atom. The number of hydrogen-bond donors (Lipinski definition) is 1. The molecule has 114 valence electrons. The predicted octanol–water partition coefficient (Wildman–Crippen LogP) is 2.28. The van der Waals surface area contributed by atoms with E-state index in [1.165, 1.54) is 6.92 Å². The first-order valence-electron chi connectivity index (χ1n) is 7.16. The van der Waals surface area contributed by atoms with E-state index in [1.807, 2.05) is 6.92 Å². The second-order valence-corrected chi connectivity index (χ2v) is 6.07. The zero-order valence-electron chi connectivity index (χ0n) is 12.4. The van der Waals surface area contributed by atoms with Gasteiger partial charge in [-0.1, -0.05) is 13.8 Å². The van der Waals surface area contributed by atoms with Gasteiger partial charge in [0.25, 0.3) is 0 Å². The summed E-state index contributed by atoms with van der Waals surface area (Å²) in [4.78, 5) is 38.6. The van der Waals surface area contributed by atoms with E-state index < -0.39 is 5.60 Å². The van der Waals surface area contributed by atoms with Gasteiger partial charge in [-0.25, -0.2) is 4.89 Å². The van der Waals surface area contributed by atoms with Gasteiger partial charge in [0.05, 0.1) is 0 Å². The Kier molecular flexibility index (Phi) is 6.02. The standard InChI is InChI=1S/C15H24O5/c1-10-4-6-14(11(2)8-16)15(9-17,20-19)13(10)7-5-12(3)18/h8-11,13-14,19H,4-7H2,1-3H3/t10-,11+,13?,14?,15-/m1/s1. The first-order chi connectivity index (χ1) is 9.42. The molecular formula is C15H24O5. The van der Waals surface area contributed by atoms with Crippen LogP contribution in [0.4, 0.5) is 0 Å². The zero-order valence-corrected chi connectivity index (χ0v) is 12.4. The normalized spacial score (nSPS) is 35.3. The second-order valence-electron chi connectivity index (χ2n) is 6.07. The lowest BCUT2D eigenvalue weighted by molar-refractivity contribution is -0.347. The van der Waals surface area contributed by atoms with E-state index in [-0.39, 0.29) is 29.5 Å². The Morgan fingerprint density at radius 2 is 2.10 bits per heavy atom. The molecule has 0 aromatic rings. The Hall–Kier alpha value is -1.07. The van der Waals surface area contributed by atoms with Crippen LogP contribution in [0.15, 0.2) is 0 Å². The highest BCUT2D eigenvalue weighted by atomic mass is 17.1. The lowest BCUT2D eigenvalue weighted by atomic mass is 9.60. The maximum Gasteiger partial charge on any atom is 0.164 e. The van der Waals surface area contributed by atoms with E-state index in [0.29, 0.717) is 25.5 Å². The van der Waals surface area contributed by atoms with Crippen LogP contribution in [-0.2, 0) is 19.3 Å². The second kappa shape index (κ2) is 7.09. The van der Waals surface area contributed by atoms with Crippen molar-refractivity contribution in [1.82, 2.24) is 0 Å². The minimum absolute atomic E-state index is 0.0421. The molecule has 1 rings (SSSR count). The minimum atomic E-state index is -1.38. The summed E-state index contributed by atoms with van der Waals surface area (Å²) in [5.41, 5.74) is -1.38. The van der Waals surface area contributed by atoms with Crippen molar-refractivity contribution in [1.29, 1.82) is 0 Å². The fourth-order valence-corrected chi connectivity index (χ4v) is 3.56. The topological polar surface area (TPSA) is 80.7 Å². The molecular weight excluding hydrogens is 260 g/mol. The average Bonchev–Trinajstić information content (AvgIpc) is 2.44. The SMILES string of the molecule is CC(=O)CCC1[C@H](C)CCC([C@@H](C)C=O)[C@]1(C=O)OO. The molecule has 0 aromatic heterocycles. The molecule has 1 aliphatic carbocycles. The summed E-state index contributed by atoms with van der Waals surface area (Å²) in [5.74, 6) is -0.785. The molecule has 1 N–H and O–H groups in total. The number of ketones is 1. The van der Waals surface area contributed by atoms with Crippen molar-refractivity contribution < 1.29 is 24.5 Å². The summed E-state index contributed by atoms with van der Waals surface area (Å²) in [6, 6.07) is 0. The van der Waals surface area contributed by atoms with Crippen molar-refractivity contribution in [3.63, 3.8) is 0 Å². The van der Waals surface area contributed by atoms with Crippen LogP contribution in [0.3, 0.4) is 0 Å². The largest absolute Gasteiger partial charge is 0.303 e. The Labute approximate surface area is 119 Å². The van der Waals surface area contributed by atoms with E-state index in [4.69, 9.17) is 0 Å². The molecule has 0 aromatic carbocycles. The van der Waals surface area contributed by atoms with Crippen molar-refractivity contribution in [2.24, 2.45) is 23.7 Å². The molecule has 1 aliphatic rings. The van der Waals surface area contributed by atoms with Gasteiger partial charge in [0.1, 0.15) is 12.1 Å². The molecule has 0 spiro atoms. The van der Waals surface area contributed by atoms with E-state index in [2.05, 4.69) is 4.89 Å². The molecule has 5 heteroatoms. The predicted molar refractivity (Wildman–Crippen MR) is 73.0 cm³/mol. The molecule has 1 fully saturated rings. The monoisotopic (exact) mass is 284 g/mol. The highest BCUT2D eigenvalue weighted by molar-refractivity contribution is 5.75. The van der Waals surface area contributed by atoms with Crippen LogP contribution in [-0.4, -0.2) is 29.2 Å². The fraction of sp³-hybridized carbons (Fsp3) is 0.800. The van der Waals surface area contributed by atoms with Gasteiger partial charge < -0.3 is 9.59 Å². The number of aldehydes is 2. The van der Waals surface area contributed by atoms with Crippen LogP contribution >= 0.6 is 0 Å². The number of carbonyl (C=O) groups is 3. The van der Waals surface area contributed by atoms with E-state index in [1.54, 1.807) is 6.92 Å². The molecule has 0 amide bonds. The average molecular weight is 284 g/mol. The number of rotatable bonds is 7. The van der Waals surface area contributed by atoms with Crippen molar-refractivity contribution in [3.8, 4) is 0 Å². The molecule has 1 saturated carbocycles. The van der Waals surface area contributed by atoms with Crippen LogP contribution in [0.1, 0.15) is 46.5 Å². The molecule has 0 aliphatic heterocycles. The summed E-state index contributed by atoms with van der Waals surface area (Å²) in [6.07, 6.45) is 3.74. The highest BCUT2D eigenvalue weighted by Gasteiger charge is 2.53. The van der Waals surface area contributed by atoms with Gasteiger partial charge in [0, 0.05) is 24.2 Å². The molecule has 5 atom stereocenters. The van der Waals surface area contributed by atoms with Crippen LogP contribution in [0, 0.1) is 23.7 Å². The smallest absolute Gasteiger partial charge is 0.164 e. The number of Topliss-reactive ketones (excluding diaryl/α,β-unsaturated/α-hetero) is 1. The summed E-state index contributed by atoms with van der Waals surface area (Å²) < 4.78 is 0. The zero-order chi connectivity index (χ0) is 15.3. The maximum atomic E-state index is 11.7. The third-order valence-corrected chi connectivity index (χ3v) is 4.78. The van der Waals surface area contributed by atoms with E-state index in [0.717, 1.165) is 12.7 Å². The first-order valence-corrected chi connectivity index (χ1v) is 7.16. The van der Waals surface area contributed by atoms with Gasteiger partial charge in [-0.05, 0) is 32.1 Å². The lowest BCUT2D eigenvalue weighted by Crippen LogP contribution is -2.56. The summed E-state index contributed by atoms with van der Waals surface area (Å²) >= 11 is 0. The van der Waals surface area contributed by atoms with Crippen molar-refractivity contribution >= 4 is 18.4 Å². The Balaban J connectivity index is 3.09. The van der Waals surface area contributed by atoms with E-state index in [9.17, 15) is 19.6 Å². The third kappa shape index (κ3) is 3.15. The quantitative estimate of drug-likeness (QED) is 0.440. The van der Waals surface area contributed by atoms with Crippen molar-refractivity contribution in [2.75, 3.05) is 0 Å². The highest BCUT2D eigenvalue weighted by Crippen LogP contribution is 2.47. The van der Waals surface area contributed by atoms with Crippen LogP contribution in [0.2, 0.25) is 0 Å². The first kappa shape index (κ1) is 17.0. The molecule has 0 saturated heterocycles. The van der Waals surface area contributed by atoms with Crippen molar-refractivity contribution in [3.05, 3.63) is 0 Å². The Morgan fingerprint density at radius 1 is 1.45 bits per heavy atom.